The van der Waals surface area contributed by atoms with Gasteiger partial charge in [-0.05, 0) is 45.4 Å². The molecular weight excluding hydrogens is 322 g/mol. The smallest absolute Gasteiger partial charge is 0.318 e. The topological polar surface area (TPSA) is 100 Å². The van der Waals surface area contributed by atoms with Gasteiger partial charge in [-0.3, -0.25) is 4.79 Å². The van der Waals surface area contributed by atoms with Crippen LogP contribution < -0.4 is 10.6 Å². The van der Waals surface area contributed by atoms with Gasteiger partial charge in [0.25, 0.3) is 0 Å². The van der Waals surface area contributed by atoms with Crippen molar-refractivity contribution in [1.82, 2.24) is 25.7 Å². The molecule has 138 valence electrons. The van der Waals surface area contributed by atoms with Crippen molar-refractivity contribution in [3.05, 3.63) is 11.7 Å². The third-order valence-electron chi connectivity index (χ3n) is 4.56. The fourth-order valence-corrected chi connectivity index (χ4v) is 3.00. The Morgan fingerprint density at radius 1 is 1.32 bits per heavy atom. The van der Waals surface area contributed by atoms with Crippen molar-refractivity contribution in [3.63, 3.8) is 0 Å². The maximum atomic E-state index is 12.3. The molecular formula is C17H27N5O3. The number of amides is 3. The molecule has 1 aromatic heterocycles. The van der Waals surface area contributed by atoms with E-state index in [9.17, 15) is 9.59 Å². The minimum Gasteiger partial charge on any atom is -0.356 e. The zero-order chi connectivity index (χ0) is 17.8. The number of nitrogens with one attached hydrogen (secondary N) is 2. The molecule has 2 N–H and O–H groups in total. The van der Waals surface area contributed by atoms with Crippen molar-refractivity contribution in [2.24, 2.45) is 5.92 Å². The van der Waals surface area contributed by atoms with Crippen LogP contribution in [0.2, 0.25) is 0 Å². The third-order valence-corrected chi connectivity index (χ3v) is 4.56. The van der Waals surface area contributed by atoms with Gasteiger partial charge in [-0.15, -0.1) is 0 Å². The van der Waals surface area contributed by atoms with Gasteiger partial charge in [0.2, 0.25) is 11.8 Å². The van der Waals surface area contributed by atoms with Crippen LogP contribution in [0.5, 0.6) is 0 Å². The first kappa shape index (κ1) is 17.7. The molecule has 1 aliphatic carbocycles. The molecule has 25 heavy (non-hydrogen) atoms. The van der Waals surface area contributed by atoms with E-state index in [-0.39, 0.29) is 24.0 Å². The quantitative estimate of drug-likeness (QED) is 0.781. The van der Waals surface area contributed by atoms with Crippen LogP contribution in [0.25, 0.3) is 0 Å². The molecule has 1 aromatic rings. The predicted octanol–water partition coefficient (Wildman–Crippen LogP) is 1.78. The van der Waals surface area contributed by atoms with E-state index in [0.717, 1.165) is 19.4 Å². The SMILES string of the molecule is CC(C)NC(=O)N1CCCC1c1noc(CCC(=O)NCC2CC2)n1. The average molecular weight is 349 g/mol. The van der Waals surface area contributed by atoms with Crippen LogP contribution in [0.3, 0.4) is 0 Å². The van der Waals surface area contributed by atoms with Crippen molar-refractivity contribution in [1.29, 1.82) is 0 Å². The molecule has 3 amide bonds. The summed E-state index contributed by atoms with van der Waals surface area (Å²) in [4.78, 5) is 30.2. The van der Waals surface area contributed by atoms with Gasteiger partial charge in [0.15, 0.2) is 5.82 Å². The van der Waals surface area contributed by atoms with Crippen molar-refractivity contribution in [3.8, 4) is 0 Å². The van der Waals surface area contributed by atoms with Crippen molar-refractivity contribution < 1.29 is 14.1 Å². The van der Waals surface area contributed by atoms with Crippen LogP contribution >= 0.6 is 0 Å². The van der Waals surface area contributed by atoms with Crippen molar-refractivity contribution >= 4 is 11.9 Å². The van der Waals surface area contributed by atoms with E-state index < -0.39 is 0 Å². The Hall–Kier alpha value is -2.12. The van der Waals surface area contributed by atoms with Crippen LogP contribution in [-0.4, -0.2) is 46.1 Å². The van der Waals surface area contributed by atoms with Gasteiger partial charge in [0.05, 0.1) is 6.04 Å². The molecule has 8 heteroatoms. The van der Waals surface area contributed by atoms with Gasteiger partial charge in [0.1, 0.15) is 0 Å². The fraction of sp³-hybridized carbons (Fsp3) is 0.765. The molecule has 1 atom stereocenters. The number of carbonyl (C=O) groups is 2. The Balaban J connectivity index is 1.51. The molecule has 2 aliphatic rings. The zero-order valence-electron chi connectivity index (χ0n) is 15.0. The maximum absolute atomic E-state index is 12.3. The lowest BCUT2D eigenvalue weighted by molar-refractivity contribution is -0.121. The van der Waals surface area contributed by atoms with Crippen LogP contribution in [-0.2, 0) is 11.2 Å². The summed E-state index contributed by atoms with van der Waals surface area (Å²) in [5.74, 6) is 1.67. The van der Waals surface area contributed by atoms with Crippen LogP contribution in [0.4, 0.5) is 4.79 Å². The highest BCUT2D eigenvalue weighted by Gasteiger charge is 2.33. The summed E-state index contributed by atoms with van der Waals surface area (Å²) in [7, 11) is 0. The minimum atomic E-state index is -0.153. The highest BCUT2D eigenvalue weighted by atomic mass is 16.5. The molecule has 8 nitrogen and oxygen atoms in total. The first-order valence-electron chi connectivity index (χ1n) is 9.19. The van der Waals surface area contributed by atoms with Gasteiger partial charge >= 0.3 is 6.03 Å². The van der Waals surface area contributed by atoms with Crippen molar-refractivity contribution in [2.45, 2.75) is 64.5 Å². The molecule has 2 fully saturated rings. The first-order chi connectivity index (χ1) is 12.0. The molecule has 0 radical (unpaired) electrons. The second-order valence-corrected chi connectivity index (χ2v) is 7.25. The number of carbonyl (C=O) groups excluding carboxylic acids is 2. The summed E-state index contributed by atoms with van der Waals surface area (Å²) in [6, 6.07) is -0.160. The number of likely N-dealkylation sites (tertiary alicyclic amines) is 1. The lowest BCUT2D eigenvalue weighted by atomic mass is 10.2. The number of rotatable bonds is 7. The lowest BCUT2D eigenvalue weighted by Gasteiger charge is -2.23. The maximum Gasteiger partial charge on any atom is 0.318 e. The molecule has 1 aliphatic heterocycles. The van der Waals surface area contributed by atoms with E-state index in [0.29, 0.717) is 37.0 Å². The largest absolute Gasteiger partial charge is 0.356 e. The van der Waals surface area contributed by atoms with Gasteiger partial charge in [-0.1, -0.05) is 5.16 Å². The van der Waals surface area contributed by atoms with Gasteiger partial charge in [-0.2, -0.15) is 4.98 Å². The molecule has 1 unspecified atom stereocenters. The molecule has 0 aromatic carbocycles. The summed E-state index contributed by atoms with van der Waals surface area (Å²) < 4.78 is 5.28. The predicted molar refractivity (Wildman–Crippen MR) is 90.7 cm³/mol. The third kappa shape index (κ3) is 4.93. The van der Waals surface area contributed by atoms with Crippen LogP contribution in [0.15, 0.2) is 4.52 Å². The number of nitrogens with zero attached hydrogens (tertiary/aromatic N) is 3. The summed E-state index contributed by atoms with van der Waals surface area (Å²) >= 11 is 0. The molecule has 1 saturated carbocycles. The Morgan fingerprint density at radius 2 is 2.12 bits per heavy atom. The van der Waals surface area contributed by atoms with Gasteiger partial charge in [-0.25, -0.2) is 4.79 Å². The molecule has 0 bridgehead atoms. The lowest BCUT2D eigenvalue weighted by Crippen LogP contribution is -2.42. The van der Waals surface area contributed by atoms with E-state index in [2.05, 4.69) is 20.8 Å². The summed E-state index contributed by atoms with van der Waals surface area (Å²) in [6.07, 6.45) is 4.95. The number of aromatic nitrogens is 2. The van der Waals surface area contributed by atoms with E-state index in [1.165, 1.54) is 12.8 Å². The van der Waals surface area contributed by atoms with Crippen LogP contribution in [0.1, 0.15) is 63.7 Å². The fourth-order valence-electron chi connectivity index (χ4n) is 3.00. The van der Waals surface area contributed by atoms with E-state index >= 15 is 0 Å². The summed E-state index contributed by atoms with van der Waals surface area (Å²) in [5.41, 5.74) is 0. The standard InChI is InChI=1S/C17H27N5O3/c1-11(2)19-17(24)22-9-3-4-13(22)16-20-15(25-21-16)8-7-14(23)18-10-12-5-6-12/h11-13H,3-10H2,1-2H3,(H,18,23)(H,19,24). The Morgan fingerprint density at radius 3 is 2.84 bits per heavy atom. The highest BCUT2D eigenvalue weighted by molar-refractivity contribution is 5.76. The second-order valence-electron chi connectivity index (χ2n) is 7.25. The van der Waals surface area contributed by atoms with Crippen LogP contribution in [0, 0.1) is 5.92 Å². The second kappa shape index (κ2) is 7.84. The van der Waals surface area contributed by atoms with Crippen molar-refractivity contribution in [2.75, 3.05) is 13.1 Å². The zero-order valence-corrected chi connectivity index (χ0v) is 15.0. The van der Waals surface area contributed by atoms with Gasteiger partial charge in [0, 0.05) is 32.0 Å². The summed E-state index contributed by atoms with van der Waals surface area (Å²) in [6.45, 7) is 5.33. The highest BCUT2D eigenvalue weighted by Crippen LogP contribution is 2.30. The molecule has 2 heterocycles. The number of hydrogen-bond donors (Lipinski definition) is 2. The van der Waals surface area contributed by atoms with E-state index in [1.807, 2.05) is 13.8 Å². The molecule has 1 saturated heterocycles. The monoisotopic (exact) mass is 349 g/mol. The normalized spacial score (nSPS) is 20.1. The van der Waals surface area contributed by atoms with Gasteiger partial charge < -0.3 is 20.1 Å². The molecule has 0 spiro atoms. The Kier molecular flexibility index (Phi) is 5.55. The first-order valence-corrected chi connectivity index (χ1v) is 9.19. The Labute approximate surface area is 147 Å². The number of hydrogen-bond acceptors (Lipinski definition) is 5. The molecule has 3 rings (SSSR count). The van der Waals surface area contributed by atoms with E-state index in [1.54, 1.807) is 4.90 Å². The average Bonchev–Trinajstić information content (AvgIpc) is 3.07. The minimum absolute atomic E-state index is 0.0189. The van der Waals surface area contributed by atoms with E-state index in [4.69, 9.17) is 4.52 Å². The number of aryl methyl sites for hydroxylation is 1. The summed E-state index contributed by atoms with van der Waals surface area (Å²) in [5, 5.41) is 9.87. The Bertz CT molecular complexity index is 611. The number of urea groups is 1.